The van der Waals surface area contributed by atoms with Gasteiger partial charge in [0.25, 0.3) is 5.56 Å². The van der Waals surface area contributed by atoms with Crippen molar-refractivity contribution in [2.75, 3.05) is 12.4 Å². The first kappa shape index (κ1) is 22.6. The summed E-state index contributed by atoms with van der Waals surface area (Å²) in [6.45, 7) is 4.97. The number of aliphatic hydroxyl groups excluding tert-OH is 1. The molecular weight excluding hydrogens is 448 g/mol. The van der Waals surface area contributed by atoms with Crippen LogP contribution in [0.5, 0.6) is 5.75 Å². The Bertz CT molecular complexity index is 1270. The van der Waals surface area contributed by atoms with Crippen molar-refractivity contribution in [2.45, 2.75) is 38.1 Å². The number of ether oxygens (including phenoxy) is 1. The van der Waals surface area contributed by atoms with Crippen molar-refractivity contribution < 1.29 is 9.84 Å². The highest BCUT2D eigenvalue weighted by Gasteiger charge is 2.18. The van der Waals surface area contributed by atoms with Crippen molar-refractivity contribution in [1.29, 1.82) is 0 Å². The number of aryl methyl sites for hydroxylation is 1. The molecule has 2 aromatic carbocycles. The number of aliphatic hydroxyl groups is 1. The first-order chi connectivity index (χ1) is 15.4. The number of fused-ring (bicyclic) bond motifs is 3. The Morgan fingerprint density at radius 1 is 1.12 bits per heavy atom. The number of para-hydroxylation sites is 1. The van der Waals surface area contributed by atoms with E-state index in [1.165, 1.54) is 11.8 Å². The topological polar surface area (TPSA) is 81.7 Å². The van der Waals surface area contributed by atoms with Crippen LogP contribution in [0.4, 0.5) is 0 Å². The summed E-state index contributed by atoms with van der Waals surface area (Å²) in [5.74, 6) is 1.99. The van der Waals surface area contributed by atoms with Crippen molar-refractivity contribution in [3.8, 4) is 5.75 Å². The maximum Gasteiger partial charge on any atom is 0.262 e. The Labute approximate surface area is 195 Å². The fourth-order valence-electron chi connectivity index (χ4n) is 3.36. The lowest BCUT2D eigenvalue weighted by Crippen LogP contribution is -2.24. The molecule has 1 unspecified atom stereocenters. The van der Waals surface area contributed by atoms with Gasteiger partial charge in [0, 0.05) is 17.3 Å². The standard InChI is InChI=1S/C23H25ClN4O3S/c1-15(2)11-12-27-21(30)19-5-3-4-6-20(19)28-22(27)25-26-23(28)32-14-17(29)13-31-18-9-7-16(24)8-10-18/h3-10,15,17,29H,11-14H2,1-2H3. The normalized spacial score (nSPS) is 12.7. The number of rotatable bonds is 9. The van der Waals surface area contributed by atoms with Crippen molar-refractivity contribution in [3.63, 3.8) is 0 Å². The van der Waals surface area contributed by atoms with Crippen LogP contribution in [0.2, 0.25) is 5.02 Å². The number of benzene rings is 2. The summed E-state index contributed by atoms with van der Waals surface area (Å²) in [7, 11) is 0. The average Bonchev–Trinajstić information content (AvgIpc) is 3.21. The minimum atomic E-state index is -0.707. The predicted octanol–water partition coefficient (Wildman–Crippen LogP) is 4.28. The molecule has 168 valence electrons. The first-order valence-electron chi connectivity index (χ1n) is 10.5. The van der Waals surface area contributed by atoms with Crippen LogP contribution in [0.1, 0.15) is 20.3 Å². The smallest absolute Gasteiger partial charge is 0.262 e. The highest BCUT2D eigenvalue weighted by molar-refractivity contribution is 7.99. The maximum absolute atomic E-state index is 13.1. The van der Waals surface area contributed by atoms with Crippen LogP contribution in [0.15, 0.2) is 58.5 Å². The average molecular weight is 473 g/mol. The molecule has 0 saturated heterocycles. The van der Waals surface area contributed by atoms with E-state index in [9.17, 15) is 9.90 Å². The third-order valence-corrected chi connectivity index (χ3v) is 6.39. The molecule has 4 rings (SSSR count). The van der Waals surface area contributed by atoms with Gasteiger partial charge in [-0.1, -0.05) is 49.3 Å². The fourth-order valence-corrected chi connectivity index (χ4v) is 4.33. The van der Waals surface area contributed by atoms with E-state index >= 15 is 0 Å². The molecule has 0 radical (unpaired) electrons. The van der Waals surface area contributed by atoms with E-state index < -0.39 is 6.10 Å². The van der Waals surface area contributed by atoms with Gasteiger partial charge in [0.1, 0.15) is 12.4 Å². The highest BCUT2D eigenvalue weighted by Crippen LogP contribution is 2.23. The summed E-state index contributed by atoms with van der Waals surface area (Å²) < 4.78 is 9.22. The SMILES string of the molecule is CC(C)CCn1c(=O)c2ccccc2n2c(SCC(O)COc3ccc(Cl)cc3)nnc12. The second-order valence-corrected chi connectivity index (χ2v) is 9.43. The van der Waals surface area contributed by atoms with Crippen LogP contribution in [-0.2, 0) is 6.54 Å². The quantitative estimate of drug-likeness (QED) is 0.366. The van der Waals surface area contributed by atoms with E-state index in [1.54, 1.807) is 28.8 Å². The molecule has 0 aliphatic carbocycles. The number of hydrogen-bond acceptors (Lipinski definition) is 6. The fraction of sp³-hybridized carbons (Fsp3) is 0.348. The second kappa shape index (κ2) is 9.94. The minimum Gasteiger partial charge on any atom is -0.491 e. The van der Waals surface area contributed by atoms with Crippen molar-refractivity contribution in [1.82, 2.24) is 19.2 Å². The van der Waals surface area contributed by atoms with Gasteiger partial charge < -0.3 is 9.84 Å². The minimum absolute atomic E-state index is 0.0610. The molecule has 0 spiro atoms. The monoisotopic (exact) mass is 472 g/mol. The molecule has 1 N–H and O–H groups in total. The van der Waals surface area contributed by atoms with E-state index in [0.29, 0.717) is 45.3 Å². The van der Waals surface area contributed by atoms with Gasteiger partial charge in [-0.05, 0) is 48.7 Å². The number of hydrogen-bond donors (Lipinski definition) is 1. The number of halogens is 1. The summed E-state index contributed by atoms with van der Waals surface area (Å²) >= 11 is 7.26. The molecule has 0 saturated carbocycles. The largest absolute Gasteiger partial charge is 0.491 e. The molecule has 1 atom stereocenters. The molecule has 0 amide bonds. The van der Waals surface area contributed by atoms with E-state index in [-0.39, 0.29) is 12.2 Å². The van der Waals surface area contributed by atoms with Gasteiger partial charge >= 0.3 is 0 Å². The van der Waals surface area contributed by atoms with Crippen molar-refractivity contribution in [2.24, 2.45) is 5.92 Å². The highest BCUT2D eigenvalue weighted by atomic mass is 35.5. The van der Waals surface area contributed by atoms with Gasteiger partial charge in [0.2, 0.25) is 5.78 Å². The number of thioether (sulfide) groups is 1. The first-order valence-corrected chi connectivity index (χ1v) is 11.9. The zero-order chi connectivity index (χ0) is 22.7. The maximum atomic E-state index is 13.1. The molecule has 0 aliphatic heterocycles. The molecular formula is C23H25ClN4O3S. The molecule has 0 bridgehead atoms. The van der Waals surface area contributed by atoms with Crippen LogP contribution in [0.3, 0.4) is 0 Å². The van der Waals surface area contributed by atoms with Gasteiger partial charge in [-0.3, -0.25) is 13.8 Å². The van der Waals surface area contributed by atoms with Crippen LogP contribution in [-0.4, -0.2) is 42.7 Å². The molecule has 0 fully saturated rings. The predicted molar refractivity (Wildman–Crippen MR) is 128 cm³/mol. The van der Waals surface area contributed by atoms with Gasteiger partial charge in [-0.25, -0.2) is 0 Å². The lowest BCUT2D eigenvalue weighted by atomic mass is 10.1. The summed E-state index contributed by atoms with van der Waals surface area (Å²) in [6, 6.07) is 14.5. The molecule has 0 aliphatic rings. The molecule has 7 nitrogen and oxygen atoms in total. The van der Waals surface area contributed by atoms with Crippen LogP contribution in [0, 0.1) is 5.92 Å². The Hall–Kier alpha value is -2.55. The van der Waals surface area contributed by atoms with E-state index in [2.05, 4.69) is 24.0 Å². The summed E-state index contributed by atoms with van der Waals surface area (Å²) in [5, 5.41) is 20.9. The number of aromatic nitrogens is 4. The molecule has 2 aromatic heterocycles. The van der Waals surface area contributed by atoms with E-state index in [1.807, 2.05) is 28.7 Å². The third-order valence-electron chi connectivity index (χ3n) is 5.07. The lowest BCUT2D eigenvalue weighted by Gasteiger charge is -2.13. The van der Waals surface area contributed by atoms with Gasteiger partial charge in [-0.15, -0.1) is 10.2 Å². The Balaban J connectivity index is 1.56. The lowest BCUT2D eigenvalue weighted by molar-refractivity contribution is 0.126. The summed E-state index contributed by atoms with van der Waals surface area (Å²) in [5.41, 5.74) is 0.696. The molecule has 9 heteroatoms. The van der Waals surface area contributed by atoms with Crippen LogP contribution >= 0.6 is 23.4 Å². The zero-order valence-electron chi connectivity index (χ0n) is 17.9. The Morgan fingerprint density at radius 3 is 2.62 bits per heavy atom. The molecule has 32 heavy (non-hydrogen) atoms. The van der Waals surface area contributed by atoms with Crippen molar-refractivity contribution >= 4 is 40.0 Å². The summed E-state index contributed by atoms with van der Waals surface area (Å²) in [6.07, 6.45) is 0.158. The zero-order valence-corrected chi connectivity index (χ0v) is 19.5. The third kappa shape index (κ3) is 4.92. The van der Waals surface area contributed by atoms with Crippen LogP contribution < -0.4 is 10.3 Å². The molecule has 4 aromatic rings. The second-order valence-electron chi connectivity index (χ2n) is 8.00. The van der Waals surface area contributed by atoms with Crippen LogP contribution in [0.25, 0.3) is 16.7 Å². The summed E-state index contributed by atoms with van der Waals surface area (Å²) in [4.78, 5) is 13.1. The Kier molecular flexibility index (Phi) is 7.03. The Morgan fingerprint density at radius 2 is 1.88 bits per heavy atom. The van der Waals surface area contributed by atoms with Crippen molar-refractivity contribution in [3.05, 3.63) is 63.9 Å². The van der Waals surface area contributed by atoms with Gasteiger partial charge in [0.05, 0.1) is 17.0 Å². The number of nitrogens with zero attached hydrogens (tertiary/aromatic N) is 4. The van der Waals surface area contributed by atoms with E-state index in [4.69, 9.17) is 16.3 Å². The molecule has 2 heterocycles. The van der Waals surface area contributed by atoms with E-state index in [0.717, 1.165) is 11.9 Å². The van der Waals surface area contributed by atoms with Gasteiger partial charge in [-0.2, -0.15) is 0 Å². The van der Waals surface area contributed by atoms with Gasteiger partial charge in [0.15, 0.2) is 5.16 Å².